The van der Waals surface area contributed by atoms with Gasteiger partial charge in [0.25, 0.3) is 0 Å². The summed E-state index contributed by atoms with van der Waals surface area (Å²) in [6.45, 7) is 2.15. The molecule has 70 valence electrons. The second-order valence-electron chi connectivity index (χ2n) is 3.66. The number of nitrogens with zero attached hydrogens (tertiary/aromatic N) is 1. The van der Waals surface area contributed by atoms with Crippen LogP contribution in [0.15, 0.2) is 0 Å². The number of rotatable bonds is 3. The molecular formula is C8H17N3O. The monoisotopic (exact) mass is 171 g/mol. The molecule has 1 aliphatic rings. The first-order valence-corrected chi connectivity index (χ1v) is 4.33. The Morgan fingerprint density at radius 2 is 2.42 bits per heavy atom. The molecule has 4 N–H and O–H groups in total. The third-order valence-electron chi connectivity index (χ3n) is 2.44. The van der Waals surface area contributed by atoms with Gasteiger partial charge in [-0.1, -0.05) is 0 Å². The van der Waals surface area contributed by atoms with Crippen molar-refractivity contribution in [3.05, 3.63) is 0 Å². The van der Waals surface area contributed by atoms with Gasteiger partial charge in [0.1, 0.15) is 0 Å². The lowest BCUT2D eigenvalue weighted by Crippen LogP contribution is -2.38. The molecule has 1 rings (SSSR count). The van der Waals surface area contributed by atoms with E-state index in [0.29, 0.717) is 5.92 Å². The van der Waals surface area contributed by atoms with E-state index < -0.39 is 6.04 Å². The van der Waals surface area contributed by atoms with Crippen LogP contribution in [0.5, 0.6) is 0 Å². The van der Waals surface area contributed by atoms with Crippen molar-refractivity contribution in [2.45, 2.75) is 18.9 Å². The van der Waals surface area contributed by atoms with Crippen LogP contribution in [0, 0.1) is 5.92 Å². The topological polar surface area (TPSA) is 72.3 Å². The molecule has 0 saturated carbocycles. The third kappa shape index (κ3) is 2.46. The van der Waals surface area contributed by atoms with Crippen molar-refractivity contribution >= 4 is 5.91 Å². The largest absolute Gasteiger partial charge is 0.368 e. The Morgan fingerprint density at radius 3 is 2.83 bits per heavy atom. The molecule has 2 unspecified atom stereocenters. The normalized spacial score (nSPS) is 27.3. The van der Waals surface area contributed by atoms with Crippen LogP contribution in [-0.2, 0) is 4.79 Å². The van der Waals surface area contributed by atoms with Crippen LogP contribution in [0.1, 0.15) is 12.8 Å². The van der Waals surface area contributed by atoms with Crippen LogP contribution in [-0.4, -0.2) is 37.0 Å². The molecule has 4 heteroatoms. The molecule has 1 aliphatic heterocycles. The number of nitrogens with two attached hydrogens (primary N) is 2. The molecule has 0 aromatic rings. The molecular weight excluding hydrogens is 154 g/mol. The predicted molar refractivity (Wildman–Crippen MR) is 47.4 cm³/mol. The smallest absolute Gasteiger partial charge is 0.234 e. The van der Waals surface area contributed by atoms with Crippen molar-refractivity contribution in [3.63, 3.8) is 0 Å². The van der Waals surface area contributed by atoms with Crippen LogP contribution in [0.4, 0.5) is 0 Å². The zero-order valence-corrected chi connectivity index (χ0v) is 7.49. The summed E-state index contributed by atoms with van der Waals surface area (Å²) in [5.41, 5.74) is 10.6. The van der Waals surface area contributed by atoms with Gasteiger partial charge in [0.05, 0.1) is 6.04 Å². The average Bonchev–Trinajstić information content (AvgIpc) is 2.35. The summed E-state index contributed by atoms with van der Waals surface area (Å²) in [7, 11) is 2.08. The highest BCUT2D eigenvalue weighted by Crippen LogP contribution is 2.18. The highest BCUT2D eigenvalue weighted by atomic mass is 16.1. The molecule has 1 fully saturated rings. The van der Waals surface area contributed by atoms with Crippen molar-refractivity contribution in [2.75, 3.05) is 20.1 Å². The van der Waals surface area contributed by atoms with Crippen molar-refractivity contribution in [3.8, 4) is 0 Å². The molecule has 0 aromatic carbocycles. The number of amides is 1. The van der Waals surface area contributed by atoms with E-state index in [-0.39, 0.29) is 5.91 Å². The number of hydrogen-bond donors (Lipinski definition) is 2. The number of primary amides is 1. The van der Waals surface area contributed by atoms with Gasteiger partial charge in [-0.2, -0.15) is 0 Å². The van der Waals surface area contributed by atoms with Gasteiger partial charge in [-0.15, -0.1) is 0 Å². The zero-order valence-electron chi connectivity index (χ0n) is 7.49. The lowest BCUT2D eigenvalue weighted by molar-refractivity contribution is -0.119. The molecule has 0 spiro atoms. The van der Waals surface area contributed by atoms with Gasteiger partial charge < -0.3 is 16.4 Å². The minimum absolute atomic E-state index is 0.385. The Morgan fingerprint density at radius 1 is 1.75 bits per heavy atom. The molecule has 0 radical (unpaired) electrons. The molecule has 4 nitrogen and oxygen atoms in total. The summed E-state index contributed by atoms with van der Waals surface area (Å²) >= 11 is 0. The lowest BCUT2D eigenvalue weighted by Gasteiger charge is -2.13. The number of likely N-dealkylation sites (tertiary alicyclic amines) is 1. The van der Waals surface area contributed by atoms with Gasteiger partial charge >= 0.3 is 0 Å². The first-order chi connectivity index (χ1) is 5.59. The number of carbonyl (C=O) groups is 1. The number of carbonyl (C=O) groups excluding carboxylic acids is 1. The second kappa shape index (κ2) is 3.87. The molecule has 0 bridgehead atoms. The first kappa shape index (κ1) is 9.48. The summed E-state index contributed by atoms with van der Waals surface area (Å²) < 4.78 is 0. The van der Waals surface area contributed by atoms with Gasteiger partial charge in [-0.05, 0) is 32.4 Å². The van der Waals surface area contributed by atoms with E-state index in [0.717, 1.165) is 25.9 Å². The molecule has 0 aromatic heterocycles. The fourth-order valence-electron chi connectivity index (χ4n) is 1.69. The number of hydrogen-bond acceptors (Lipinski definition) is 3. The van der Waals surface area contributed by atoms with Crippen LogP contribution in [0.25, 0.3) is 0 Å². The van der Waals surface area contributed by atoms with Gasteiger partial charge in [0, 0.05) is 6.54 Å². The standard InChI is InChI=1S/C8H17N3O/c1-11-3-2-6(5-11)4-7(9)8(10)12/h6-7H,2-5,9H2,1H3,(H2,10,12). The predicted octanol–water partition coefficient (Wildman–Crippen LogP) is -0.859. The SMILES string of the molecule is CN1CCC(CC(N)C(N)=O)C1. The maximum absolute atomic E-state index is 10.7. The minimum Gasteiger partial charge on any atom is -0.368 e. The summed E-state index contributed by atoms with van der Waals surface area (Å²) in [6.07, 6.45) is 1.87. The fourth-order valence-corrected chi connectivity index (χ4v) is 1.69. The Balaban J connectivity index is 2.27. The maximum Gasteiger partial charge on any atom is 0.234 e. The van der Waals surface area contributed by atoms with E-state index in [1.165, 1.54) is 0 Å². The summed E-state index contributed by atoms with van der Waals surface area (Å²) in [4.78, 5) is 12.9. The van der Waals surface area contributed by atoms with Crippen LogP contribution < -0.4 is 11.5 Å². The zero-order chi connectivity index (χ0) is 9.14. The van der Waals surface area contributed by atoms with Gasteiger partial charge in [0.2, 0.25) is 5.91 Å². The lowest BCUT2D eigenvalue weighted by atomic mass is 9.99. The van der Waals surface area contributed by atoms with E-state index in [2.05, 4.69) is 11.9 Å². The average molecular weight is 171 g/mol. The molecule has 1 saturated heterocycles. The van der Waals surface area contributed by atoms with E-state index in [4.69, 9.17) is 11.5 Å². The van der Waals surface area contributed by atoms with Crippen LogP contribution in [0.3, 0.4) is 0 Å². The Labute approximate surface area is 72.9 Å². The van der Waals surface area contributed by atoms with Crippen molar-refractivity contribution in [2.24, 2.45) is 17.4 Å². The van der Waals surface area contributed by atoms with Gasteiger partial charge in [-0.25, -0.2) is 0 Å². The third-order valence-corrected chi connectivity index (χ3v) is 2.44. The maximum atomic E-state index is 10.7. The van der Waals surface area contributed by atoms with E-state index in [1.807, 2.05) is 0 Å². The molecule has 1 heterocycles. The fraction of sp³-hybridized carbons (Fsp3) is 0.875. The summed E-state index contributed by atoms with van der Waals surface area (Å²) in [6, 6.07) is -0.457. The molecule has 0 aliphatic carbocycles. The highest BCUT2D eigenvalue weighted by molar-refractivity contribution is 5.79. The quantitative estimate of drug-likeness (QED) is 0.580. The van der Waals surface area contributed by atoms with Crippen LogP contribution in [0.2, 0.25) is 0 Å². The second-order valence-corrected chi connectivity index (χ2v) is 3.66. The van der Waals surface area contributed by atoms with Crippen LogP contribution >= 0.6 is 0 Å². The minimum atomic E-state index is -0.457. The van der Waals surface area contributed by atoms with Crippen molar-refractivity contribution in [1.82, 2.24) is 4.90 Å². The van der Waals surface area contributed by atoms with E-state index >= 15 is 0 Å². The van der Waals surface area contributed by atoms with Crippen molar-refractivity contribution in [1.29, 1.82) is 0 Å². The Bertz CT molecular complexity index is 172. The Kier molecular flexibility index (Phi) is 3.05. The highest BCUT2D eigenvalue weighted by Gasteiger charge is 2.23. The Hall–Kier alpha value is -0.610. The van der Waals surface area contributed by atoms with E-state index in [1.54, 1.807) is 0 Å². The van der Waals surface area contributed by atoms with Crippen molar-refractivity contribution < 1.29 is 4.79 Å². The molecule has 1 amide bonds. The van der Waals surface area contributed by atoms with Gasteiger partial charge in [-0.3, -0.25) is 4.79 Å². The summed E-state index contributed by atoms with van der Waals surface area (Å²) in [5, 5.41) is 0. The molecule has 12 heavy (non-hydrogen) atoms. The summed E-state index contributed by atoms with van der Waals surface area (Å²) in [5.74, 6) is 0.169. The van der Waals surface area contributed by atoms with Gasteiger partial charge in [0.15, 0.2) is 0 Å². The first-order valence-electron chi connectivity index (χ1n) is 4.33. The van der Waals surface area contributed by atoms with E-state index in [9.17, 15) is 4.79 Å². The molecule has 2 atom stereocenters.